The summed E-state index contributed by atoms with van der Waals surface area (Å²) in [5, 5.41) is 17.2. The maximum Gasteiger partial charge on any atom is 0.170 e. The highest BCUT2D eigenvalue weighted by Crippen LogP contribution is 2.17. The molecule has 54 valence electrons. The molecule has 1 rings (SSSR count). The zero-order valence-corrected chi connectivity index (χ0v) is 5.21. The molecule has 0 unspecified atom stereocenters. The quantitative estimate of drug-likeness (QED) is 0.614. The first-order valence-corrected chi connectivity index (χ1v) is 2.83. The highest BCUT2D eigenvalue weighted by molar-refractivity contribution is 5.29. The SMILES string of the molecule is OCc1cccc(O)c1F. The van der Waals surface area contributed by atoms with Crippen molar-refractivity contribution < 1.29 is 14.6 Å². The van der Waals surface area contributed by atoms with Gasteiger partial charge in [0, 0.05) is 5.56 Å². The van der Waals surface area contributed by atoms with Gasteiger partial charge in [-0.3, -0.25) is 0 Å². The van der Waals surface area contributed by atoms with Gasteiger partial charge in [0.15, 0.2) is 11.6 Å². The van der Waals surface area contributed by atoms with Crippen molar-refractivity contribution in [2.75, 3.05) is 0 Å². The summed E-state index contributed by atoms with van der Waals surface area (Å²) >= 11 is 0. The summed E-state index contributed by atoms with van der Waals surface area (Å²) in [5.74, 6) is -1.17. The van der Waals surface area contributed by atoms with Crippen LogP contribution in [-0.2, 0) is 6.61 Å². The molecular formula is C7H7FO2. The van der Waals surface area contributed by atoms with Crippen molar-refractivity contribution in [2.45, 2.75) is 6.61 Å². The second kappa shape index (κ2) is 2.66. The van der Waals surface area contributed by atoms with E-state index in [4.69, 9.17) is 10.2 Å². The van der Waals surface area contributed by atoms with Crippen molar-refractivity contribution in [3.05, 3.63) is 29.6 Å². The molecule has 0 bridgehead atoms. The first-order chi connectivity index (χ1) is 4.75. The van der Waals surface area contributed by atoms with Crippen LogP contribution in [0.15, 0.2) is 18.2 Å². The van der Waals surface area contributed by atoms with Crippen molar-refractivity contribution in [3.8, 4) is 5.75 Å². The second-order valence-corrected chi connectivity index (χ2v) is 1.91. The number of halogens is 1. The maximum absolute atomic E-state index is 12.6. The Labute approximate surface area is 57.6 Å². The normalized spacial score (nSPS) is 9.80. The van der Waals surface area contributed by atoms with Gasteiger partial charge in [0.05, 0.1) is 6.61 Å². The van der Waals surface area contributed by atoms with Gasteiger partial charge in [-0.2, -0.15) is 0 Å². The lowest BCUT2D eigenvalue weighted by Gasteiger charge is -1.98. The molecule has 0 radical (unpaired) electrons. The summed E-state index contributed by atoms with van der Waals surface area (Å²) in [7, 11) is 0. The van der Waals surface area contributed by atoms with Gasteiger partial charge in [-0.25, -0.2) is 4.39 Å². The standard InChI is InChI=1S/C7H7FO2/c8-7-5(4-9)2-1-3-6(7)10/h1-3,9-10H,4H2. The number of phenolic OH excluding ortho intramolecular Hbond substituents is 1. The molecule has 0 atom stereocenters. The molecule has 0 saturated heterocycles. The predicted molar refractivity (Wildman–Crippen MR) is 34.0 cm³/mol. The van der Waals surface area contributed by atoms with Gasteiger partial charge in [0.1, 0.15) is 0 Å². The van der Waals surface area contributed by atoms with E-state index in [1.54, 1.807) is 0 Å². The predicted octanol–water partition coefficient (Wildman–Crippen LogP) is 1.02. The number of hydrogen-bond donors (Lipinski definition) is 2. The number of aliphatic hydroxyl groups excluding tert-OH is 1. The minimum absolute atomic E-state index is 0.111. The topological polar surface area (TPSA) is 40.5 Å². The molecule has 1 aromatic rings. The van der Waals surface area contributed by atoms with Crippen molar-refractivity contribution in [1.29, 1.82) is 0 Å². The molecule has 0 aliphatic heterocycles. The van der Waals surface area contributed by atoms with E-state index in [1.807, 2.05) is 0 Å². The van der Waals surface area contributed by atoms with E-state index < -0.39 is 11.6 Å². The number of phenols is 1. The molecule has 2 nitrogen and oxygen atoms in total. The fourth-order valence-electron chi connectivity index (χ4n) is 0.688. The van der Waals surface area contributed by atoms with Gasteiger partial charge in [-0.15, -0.1) is 0 Å². The Morgan fingerprint density at radius 2 is 2.10 bits per heavy atom. The third-order valence-corrected chi connectivity index (χ3v) is 1.23. The van der Waals surface area contributed by atoms with E-state index >= 15 is 0 Å². The lowest BCUT2D eigenvalue weighted by atomic mass is 10.2. The molecular weight excluding hydrogens is 135 g/mol. The van der Waals surface area contributed by atoms with Gasteiger partial charge < -0.3 is 10.2 Å². The first-order valence-electron chi connectivity index (χ1n) is 2.83. The number of aliphatic hydroxyl groups is 1. The summed E-state index contributed by atoms with van der Waals surface area (Å²) in [5.41, 5.74) is 0.111. The number of aromatic hydroxyl groups is 1. The number of hydrogen-bond acceptors (Lipinski definition) is 2. The van der Waals surface area contributed by atoms with Crippen molar-refractivity contribution in [1.82, 2.24) is 0 Å². The van der Waals surface area contributed by atoms with Gasteiger partial charge in [-0.1, -0.05) is 12.1 Å². The Morgan fingerprint density at radius 3 is 2.60 bits per heavy atom. The van der Waals surface area contributed by atoms with Crippen LogP contribution in [0.2, 0.25) is 0 Å². The van der Waals surface area contributed by atoms with Crippen molar-refractivity contribution >= 4 is 0 Å². The Bertz CT molecular complexity index is 235. The Balaban J connectivity index is 3.14. The van der Waals surface area contributed by atoms with Crippen LogP contribution in [-0.4, -0.2) is 10.2 Å². The van der Waals surface area contributed by atoms with Crippen LogP contribution in [0.25, 0.3) is 0 Å². The van der Waals surface area contributed by atoms with Crippen LogP contribution in [0, 0.1) is 5.82 Å². The van der Waals surface area contributed by atoms with Crippen molar-refractivity contribution in [2.24, 2.45) is 0 Å². The molecule has 0 aromatic heterocycles. The Hall–Kier alpha value is -1.09. The molecule has 0 aliphatic rings. The first kappa shape index (κ1) is 7.02. The Kier molecular flexibility index (Phi) is 1.87. The Morgan fingerprint density at radius 1 is 1.40 bits per heavy atom. The molecule has 0 fully saturated rings. The van der Waals surface area contributed by atoms with E-state index in [0.29, 0.717) is 0 Å². The molecule has 10 heavy (non-hydrogen) atoms. The highest BCUT2D eigenvalue weighted by Gasteiger charge is 2.03. The summed E-state index contributed by atoms with van der Waals surface area (Å²) in [6.45, 7) is -0.389. The van der Waals surface area contributed by atoms with E-state index in [9.17, 15) is 4.39 Å². The molecule has 2 N–H and O–H groups in total. The molecule has 0 amide bonds. The molecule has 0 heterocycles. The minimum Gasteiger partial charge on any atom is -0.505 e. The van der Waals surface area contributed by atoms with E-state index in [2.05, 4.69) is 0 Å². The lowest BCUT2D eigenvalue weighted by Crippen LogP contribution is -1.88. The van der Waals surface area contributed by atoms with Crippen LogP contribution >= 0.6 is 0 Å². The van der Waals surface area contributed by atoms with E-state index in [0.717, 1.165) is 0 Å². The van der Waals surface area contributed by atoms with Gasteiger partial charge in [0.25, 0.3) is 0 Å². The summed E-state index contributed by atoms with van der Waals surface area (Å²) in [4.78, 5) is 0. The molecule has 0 spiro atoms. The van der Waals surface area contributed by atoms with Crippen LogP contribution < -0.4 is 0 Å². The van der Waals surface area contributed by atoms with Crippen LogP contribution in [0.1, 0.15) is 5.56 Å². The fourth-order valence-corrected chi connectivity index (χ4v) is 0.688. The average Bonchev–Trinajstić information content (AvgIpc) is 1.95. The largest absolute Gasteiger partial charge is 0.505 e. The van der Waals surface area contributed by atoms with Crippen LogP contribution in [0.5, 0.6) is 5.75 Å². The average molecular weight is 142 g/mol. The van der Waals surface area contributed by atoms with Crippen molar-refractivity contribution in [3.63, 3.8) is 0 Å². The summed E-state index contributed by atoms with van der Waals surface area (Å²) < 4.78 is 12.6. The summed E-state index contributed by atoms with van der Waals surface area (Å²) in [6.07, 6.45) is 0. The van der Waals surface area contributed by atoms with E-state index in [-0.39, 0.29) is 12.2 Å². The monoisotopic (exact) mass is 142 g/mol. The zero-order valence-electron chi connectivity index (χ0n) is 5.21. The third-order valence-electron chi connectivity index (χ3n) is 1.23. The number of rotatable bonds is 1. The van der Waals surface area contributed by atoms with Gasteiger partial charge >= 0.3 is 0 Å². The second-order valence-electron chi connectivity index (χ2n) is 1.91. The van der Waals surface area contributed by atoms with Crippen LogP contribution in [0.3, 0.4) is 0 Å². The van der Waals surface area contributed by atoms with Crippen LogP contribution in [0.4, 0.5) is 4.39 Å². The minimum atomic E-state index is -0.745. The molecule has 0 saturated carbocycles. The maximum atomic E-state index is 12.6. The molecule has 1 aromatic carbocycles. The molecule has 0 aliphatic carbocycles. The third kappa shape index (κ3) is 1.09. The number of benzene rings is 1. The smallest absolute Gasteiger partial charge is 0.170 e. The fraction of sp³-hybridized carbons (Fsp3) is 0.143. The van der Waals surface area contributed by atoms with Gasteiger partial charge in [0.2, 0.25) is 0 Å². The summed E-state index contributed by atoms with van der Waals surface area (Å²) in [6, 6.07) is 4.12. The lowest BCUT2D eigenvalue weighted by molar-refractivity contribution is 0.273. The highest BCUT2D eigenvalue weighted by atomic mass is 19.1. The zero-order chi connectivity index (χ0) is 7.56. The van der Waals surface area contributed by atoms with E-state index in [1.165, 1.54) is 18.2 Å². The van der Waals surface area contributed by atoms with Gasteiger partial charge in [-0.05, 0) is 6.07 Å². The molecule has 3 heteroatoms.